The molecule has 0 saturated carbocycles. The summed E-state index contributed by atoms with van der Waals surface area (Å²) in [5.41, 5.74) is 1.33. The van der Waals surface area contributed by atoms with Gasteiger partial charge in [0.15, 0.2) is 0 Å². The van der Waals surface area contributed by atoms with Crippen LogP contribution in [0, 0.1) is 0 Å². The summed E-state index contributed by atoms with van der Waals surface area (Å²) in [6.07, 6.45) is 6.31. The average molecular weight is 356 g/mol. The highest BCUT2D eigenvalue weighted by molar-refractivity contribution is 9.10. The van der Waals surface area contributed by atoms with Gasteiger partial charge in [-0.15, -0.1) is 0 Å². The van der Waals surface area contributed by atoms with E-state index in [1.807, 2.05) is 6.07 Å². The number of likely N-dealkylation sites (N-methyl/N-ethyl adjacent to an activating group) is 1. The molecule has 21 heavy (non-hydrogen) atoms. The minimum Gasteiger partial charge on any atom is -0.496 e. The summed E-state index contributed by atoms with van der Waals surface area (Å²) >= 11 is 3.56. The van der Waals surface area contributed by atoms with Gasteiger partial charge in [0.2, 0.25) is 0 Å². The fraction of sp³-hybridized carbons (Fsp3) is 0.647. The summed E-state index contributed by atoms with van der Waals surface area (Å²) in [5.74, 6) is 0.887. The van der Waals surface area contributed by atoms with Crippen molar-refractivity contribution in [1.29, 1.82) is 0 Å². The Bertz CT molecular complexity index is 433. The highest BCUT2D eigenvalue weighted by atomic mass is 79.9. The third-order valence-electron chi connectivity index (χ3n) is 4.05. The van der Waals surface area contributed by atoms with Crippen LogP contribution in [0.5, 0.6) is 5.75 Å². The van der Waals surface area contributed by atoms with Crippen LogP contribution in [-0.4, -0.2) is 32.4 Å². The maximum Gasteiger partial charge on any atom is 0.133 e. The number of hydrogen-bond acceptors (Lipinski definition) is 3. The molecule has 0 bridgehead atoms. The molecule has 1 N–H and O–H groups in total. The predicted octanol–water partition coefficient (Wildman–Crippen LogP) is 3.94. The molecule has 0 aliphatic carbocycles. The third kappa shape index (κ3) is 5.28. The quantitative estimate of drug-likeness (QED) is 0.765. The molecule has 4 heteroatoms. The molecule has 0 amide bonds. The van der Waals surface area contributed by atoms with Crippen molar-refractivity contribution in [3.63, 3.8) is 0 Å². The Morgan fingerprint density at radius 2 is 2.33 bits per heavy atom. The molecule has 0 aromatic heterocycles. The zero-order valence-corrected chi connectivity index (χ0v) is 14.6. The van der Waals surface area contributed by atoms with Gasteiger partial charge in [0.1, 0.15) is 5.75 Å². The fourth-order valence-electron chi connectivity index (χ4n) is 2.95. The lowest BCUT2D eigenvalue weighted by Gasteiger charge is -2.20. The molecule has 1 saturated heterocycles. The largest absolute Gasteiger partial charge is 0.496 e. The first-order valence-corrected chi connectivity index (χ1v) is 8.69. The number of nitrogens with one attached hydrogen (secondary N) is 1. The van der Waals surface area contributed by atoms with Crippen LogP contribution in [0.2, 0.25) is 0 Å². The Morgan fingerprint density at radius 1 is 1.48 bits per heavy atom. The van der Waals surface area contributed by atoms with Crippen molar-refractivity contribution in [3.8, 4) is 5.75 Å². The van der Waals surface area contributed by atoms with Gasteiger partial charge in [0, 0.05) is 12.6 Å². The Morgan fingerprint density at radius 3 is 2.95 bits per heavy atom. The highest BCUT2D eigenvalue weighted by Crippen LogP contribution is 2.26. The van der Waals surface area contributed by atoms with Gasteiger partial charge in [-0.1, -0.05) is 13.0 Å². The second-order valence-corrected chi connectivity index (χ2v) is 6.49. The van der Waals surface area contributed by atoms with Gasteiger partial charge < -0.3 is 14.8 Å². The van der Waals surface area contributed by atoms with E-state index >= 15 is 0 Å². The van der Waals surface area contributed by atoms with Crippen molar-refractivity contribution in [2.24, 2.45) is 0 Å². The molecule has 1 aromatic rings. The number of ether oxygens (including phenoxy) is 2. The standard InChI is InChI=1S/C17H26BrNO2/c1-3-19-14(7-8-15-5-4-10-21-15)11-13-6-9-17(20-2)16(18)12-13/h6,9,12,14-15,19H,3-5,7-8,10-11H2,1-2H3. The van der Waals surface area contributed by atoms with Crippen LogP contribution in [0.1, 0.15) is 38.2 Å². The summed E-state index contributed by atoms with van der Waals surface area (Å²) in [4.78, 5) is 0. The molecule has 2 atom stereocenters. The Balaban J connectivity index is 1.90. The van der Waals surface area contributed by atoms with E-state index in [-0.39, 0.29) is 0 Å². The summed E-state index contributed by atoms with van der Waals surface area (Å²) < 4.78 is 12.0. The molecule has 1 aromatic carbocycles. The lowest BCUT2D eigenvalue weighted by atomic mass is 9.99. The molecule has 3 nitrogen and oxygen atoms in total. The molecule has 1 aliphatic heterocycles. The van der Waals surface area contributed by atoms with E-state index in [0.29, 0.717) is 12.1 Å². The van der Waals surface area contributed by atoms with Crippen molar-refractivity contribution in [2.45, 2.75) is 51.2 Å². The first-order valence-electron chi connectivity index (χ1n) is 7.90. The molecule has 1 fully saturated rings. The number of halogens is 1. The smallest absolute Gasteiger partial charge is 0.133 e. The number of hydrogen-bond donors (Lipinski definition) is 1. The molecule has 118 valence electrons. The lowest BCUT2D eigenvalue weighted by molar-refractivity contribution is 0.0996. The van der Waals surface area contributed by atoms with Crippen LogP contribution in [-0.2, 0) is 11.2 Å². The van der Waals surface area contributed by atoms with Crippen LogP contribution in [0.15, 0.2) is 22.7 Å². The van der Waals surface area contributed by atoms with Crippen LogP contribution < -0.4 is 10.1 Å². The van der Waals surface area contributed by atoms with Gasteiger partial charge in [-0.2, -0.15) is 0 Å². The van der Waals surface area contributed by atoms with Crippen molar-refractivity contribution in [2.75, 3.05) is 20.3 Å². The molecular formula is C17H26BrNO2. The Labute approximate surface area is 136 Å². The second-order valence-electron chi connectivity index (χ2n) is 5.64. The van der Waals surface area contributed by atoms with E-state index < -0.39 is 0 Å². The van der Waals surface area contributed by atoms with E-state index in [4.69, 9.17) is 9.47 Å². The van der Waals surface area contributed by atoms with Crippen molar-refractivity contribution in [3.05, 3.63) is 28.2 Å². The van der Waals surface area contributed by atoms with Crippen LogP contribution in [0.3, 0.4) is 0 Å². The molecule has 0 radical (unpaired) electrons. The molecule has 2 unspecified atom stereocenters. The monoisotopic (exact) mass is 355 g/mol. The number of methoxy groups -OCH3 is 1. The topological polar surface area (TPSA) is 30.5 Å². The molecular weight excluding hydrogens is 330 g/mol. The van der Waals surface area contributed by atoms with Crippen LogP contribution >= 0.6 is 15.9 Å². The van der Waals surface area contributed by atoms with Crippen LogP contribution in [0.4, 0.5) is 0 Å². The van der Waals surface area contributed by atoms with Crippen LogP contribution in [0.25, 0.3) is 0 Å². The Hall–Kier alpha value is -0.580. The predicted molar refractivity (Wildman–Crippen MR) is 90.1 cm³/mol. The molecule has 2 rings (SSSR count). The van der Waals surface area contributed by atoms with E-state index in [1.165, 1.54) is 24.8 Å². The maximum absolute atomic E-state index is 5.73. The lowest BCUT2D eigenvalue weighted by Crippen LogP contribution is -2.32. The van der Waals surface area contributed by atoms with Crippen molar-refractivity contribution >= 4 is 15.9 Å². The van der Waals surface area contributed by atoms with Gasteiger partial charge in [-0.25, -0.2) is 0 Å². The summed E-state index contributed by atoms with van der Waals surface area (Å²) in [7, 11) is 1.70. The van der Waals surface area contributed by atoms with E-state index in [1.54, 1.807) is 7.11 Å². The number of rotatable bonds is 8. The molecule has 1 aliphatic rings. The van der Waals surface area contributed by atoms with Gasteiger partial charge in [0.25, 0.3) is 0 Å². The summed E-state index contributed by atoms with van der Waals surface area (Å²) in [5, 5.41) is 3.60. The van der Waals surface area contributed by atoms with Gasteiger partial charge in [-0.3, -0.25) is 0 Å². The van der Waals surface area contributed by atoms with Crippen molar-refractivity contribution in [1.82, 2.24) is 5.32 Å². The van der Waals surface area contributed by atoms with Gasteiger partial charge in [-0.05, 0) is 72.3 Å². The first kappa shape index (κ1) is 16.8. The summed E-state index contributed by atoms with van der Waals surface area (Å²) in [6, 6.07) is 6.86. The minimum atomic E-state index is 0.480. The first-order chi connectivity index (χ1) is 10.2. The average Bonchev–Trinajstić information content (AvgIpc) is 2.98. The third-order valence-corrected chi connectivity index (χ3v) is 4.67. The minimum absolute atomic E-state index is 0.480. The second kappa shape index (κ2) is 8.76. The van der Waals surface area contributed by atoms with Gasteiger partial charge >= 0.3 is 0 Å². The Kier molecular flexibility index (Phi) is 7.00. The van der Waals surface area contributed by atoms with Gasteiger partial charge in [0.05, 0.1) is 17.7 Å². The summed E-state index contributed by atoms with van der Waals surface area (Å²) in [6.45, 7) is 4.12. The molecule has 0 spiro atoms. The molecule has 1 heterocycles. The zero-order valence-electron chi connectivity index (χ0n) is 13.0. The SMILES string of the molecule is CCNC(CCC1CCCO1)Cc1ccc(OC)c(Br)c1. The van der Waals surface area contributed by atoms with E-state index in [9.17, 15) is 0 Å². The maximum atomic E-state index is 5.73. The zero-order chi connectivity index (χ0) is 15.1. The van der Waals surface area contributed by atoms with Crippen molar-refractivity contribution < 1.29 is 9.47 Å². The number of benzene rings is 1. The van der Waals surface area contributed by atoms with E-state index in [2.05, 4.69) is 40.3 Å². The fourth-order valence-corrected chi connectivity index (χ4v) is 3.53. The van der Waals surface area contributed by atoms with E-state index in [0.717, 1.165) is 36.2 Å². The highest BCUT2D eigenvalue weighted by Gasteiger charge is 2.18. The normalized spacial score (nSPS) is 19.7.